The molecule has 8 nitrogen and oxygen atoms in total. The standard InChI is InChI=1S/C19H22N2O6S/c22-18(20-12-14-6-4-10-26-14)19(23)21-13-17(16-9-5-11-27-16)28(24,25)15-7-2-1-3-8-15/h1-3,5,7-9,11,14,17H,4,6,10,12-13H2,(H,20,22)(H,21,23). The molecule has 0 saturated carbocycles. The van der Waals surface area contributed by atoms with Crippen LogP contribution in [-0.2, 0) is 24.2 Å². The zero-order chi connectivity index (χ0) is 20.0. The highest BCUT2D eigenvalue weighted by Gasteiger charge is 2.32. The monoisotopic (exact) mass is 406 g/mol. The second-order valence-electron chi connectivity index (χ2n) is 6.42. The number of furan rings is 1. The van der Waals surface area contributed by atoms with E-state index in [0.29, 0.717) is 6.61 Å². The predicted octanol–water partition coefficient (Wildman–Crippen LogP) is 1.21. The molecular weight excluding hydrogens is 384 g/mol. The highest BCUT2D eigenvalue weighted by molar-refractivity contribution is 7.91. The number of rotatable bonds is 7. The Morgan fingerprint density at radius 2 is 1.82 bits per heavy atom. The molecule has 0 radical (unpaired) electrons. The van der Waals surface area contributed by atoms with Crippen LogP contribution in [0.25, 0.3) is 0 Å². The maximum absolute atomic E-state index is 13.0. The number of amides is 2. The third-order valence-electron chi connectivity index (χ3n) is 4.48. The van der Waals surface area contributed by atoms with Crippen LogP contribution in [0.2, 0.25) is 0 Å². The Bertz CT molecular complexity index is 890. The maximum atomic E-state index is 13.0. The lowest BCUT2D eigenvalue weighted by Gasteiger charge is -2.17. The third-order valence-corrected chi connectivity index (χ3v) is 6.55. The van der Waals surface area contributed by atoms with Crippen molar-refractivity contribution in [3.05, 3.63) is 54.5 Å². The number of nitrogens with one attached hydrogen (secondary N) is 2. The van der Waals surface area contributed by atoms with Crippen molar-refractivity contribution in [1.82, 2.24) is 10.6 Å². The molecular formula is C19H22N2O6S. The van der Waals surface area contributed by atoms with Crippen LogP contribution in [-0.4, -0.2) is 46.0 Å². The van der Waals surface area contributed by atoms with Gasteiger partial charge in [0.2, 0.25) is 0 Å². The van der Waals surface area contributed by atoms with E-state index in [4.69, 9.17) is 9.15 Å². The van der Waals surface area contributed by atoms with Crippen LogP contribution in [0.4, 0.5) is 0 Å². The quantitative estimate of drug-likeness (QED) is 0.668. The van der Waals surface area contributed by atoms with Crippen molar-refractivity contribution in [1.29, 1.82) is 0 Å². The molecule has 28 heavy (non-hydrogen) atoms. The van der Waals surface area contributed by atoms with E-state index in [1.54, 1.807) is 24.3 Å². The molecule has 1 aliphatic heterocycles. The van der Waals surface area contributed by atoms with Gasteiger partial charge in [-0.25, -0.2) is 8.42 Å². The molecule has 1 aromatic heterocycles. The van der Waals surface area contributed by atoms with Crippen LogP contribution >= 0.6 is 0 Å². The molecule has 2 atom stereocenters. The fourth-order valence-electron chi connectivity index (χ4n) is 2.97. The molecule has 3 rings (SSSR count). The molecule has 1 saturated heterocycles. The van der Waals surface area contributed by atoms with Gasteiger partial charge in [0.15, 0.2) is 9.84 Å². The van der Waals surface area contributed by atoms with Gasteiger partial charge < -0.3 is 19.8 Å². The van der Waals surface area contributed by atoms with Crippen LogP contribution in [0.15, 0.2) is 58.0 Å². The summed E-state index contributed by atoms with van der Waals surface area (Å²) in [6, 6.07) is 11.0. The van der Waals surface area contributed by atoms with Crippen LogP contribution in [0.3, 0.4) is 0 Å². The zero-order valence-electron chi connectivity index (χ0n) is 15.2. The first kappa shape index (κ1) is 20.1. The fourth-order valence-corrected chi connectivity index (χ4v) is 4.58. The Morgan fingerprint density at radius 3 is 2.46 bits per heavy atom. The van der Waals surface area contributed by atoms with Crippen molar-refractivity contribution in [3.8, 4) is 0 Å². The van der Waals surface area contributed by atoms with Crippen molar-refractivity contribution < 1.29 is 27.2 Å². The first-order valence-corrected chi connectivity index (χ1v) is 10.5. The van der Waals surface area contributed by atoms with Gasteiger partial charge in [-0.15, -0.1) is 0 Å². The van der Waals surface area contributed by atoms with E-state index in [1.165, 1.54) is 24.5 Å². The minimum atomic E-state index is -3.83. The van der Waals surface area contributed by atoms with Gasteiger partial charge in [-0.2, -0.15) is 0 Å². The molecule has 2 N–H and O–H groups in total. The summed E-state index contributed by atoms with van der Waals surface area (Å²) < 4.78 is 36.6. The van der Waals surface area contributed by atoms with Gasteiger partial charge in [0.05, 0.1) is 17.3 Å². The average molecular weight is 406 g/mol. The number of carbonyl (C=O) groups excluding carboxylic acids is 2. The van der Waals surface area contributed by atoms with Crippen molar-refractivity contribution in [2.75, 3.05) is 19.7 Å². The summed E-state index contributed by atoms with van der Waals surface area (Å²) in [5, 5.41) is 3.74. The fraction of sp³-hybridized carbons (Fsp3) is 0.368. The number of ether oxygens (including phenoxy) is 1. The largest absolute Gasteiger partial charge is 0.468 e. The summed E-state index contributed by atoms with van der Waals surface area (Å²) in [5.74, 6) is -1.55. The molecule has 0 spiro atoms. The predicted molar refractivity (Wildman–Crippen MR) is 100 cm³/mol. The molecule has 150 valence electrons. The normalized spacial score (nSPS) is 17.8. The molecule has 9 heteroatoms. The summed E-state index contributed by atoms with van der Waals surface area (Å²) in [7, 11) is -3.83. The highest BCUT2D eigenvalue weighted by atomic mass is 32.2. The first-order valence-electron chi connectivity index (χ1n) is 8.98. The van der Waals surface area contributed by atoms with Gasteiger partial charge in [-0.3, -0.25) is 9.59 Å². The lowest BCUT2D eigenvalue weighted by molar-refractivity contribution is -0.139. The van der Waals surface area contributed by atoms with E-state index >= 15 is 0 Å². The summed E-state index contributed by atoms with van der Waals surface area (Å²) in [4.78, 5) is 24.2. The lowest BCUT2D eigenvalue weighted by atomic mass is 10.2. The van der Waals surface area contributed by atoms with Gasteiger partial charge in [0.25, 0.3) is 0 Å². The van der Waals surface area contributed by atoms with E-state index < -0.39 is 26.9 Å². The van der Waals surface area contributed by atoms with Crippen LogP contribution in [0.5, 0.6) is 0 Å². The third kappa shape index (κ3) is 4.79. The minimum absolute atomic E-state index is 0.0916. The number of hydrogen-bond donors (Lipinski definition) is 2. The molecule has 2 amide bonds. The molecule has 2 heterocycles. The van der Waals surface area contributed by atoms with Crippen molar-refractivity contribution in [2.24, 2.45) is 0 Å². The van der Waals surface area contributed by atoms with E-state index in [0.717, 1.165) is 12.8 Å². The van der Waals surface area contributed by atoms with Gasteiger partial charge in [-0.1, -0.05) is 18.2 Å². The Morgan fingerprint density at radius 1 is 1.07 bits per heavy atom. The van der Waals surface area contributed by atoms with Crippen molar-refractivity contribution >= 4 is 21.7 Å². The van der Waals surface area contributed by atoms with Crippen LogP contribution in [0, 0.1) is 0 Å². The minimum Gasteiger partial charge on any atom is -0.468 e. The first-order chi connectivity index (χ1) is 13.5. The van der Waals surface area contributed by atoms with Gasteiger partial charge in [0, 0.05) is 19.7 Å². The summed E-state index contributed by atoms with van der Waals surface area (Å²) in [5.41, 5.74) is 0. The number of sulfone groups is 1. The van der Waals surface area contributed by atoms with Gasteiger partial charge >= 0.3 is 11.8 Å². The zero-order valence-corrected chi connectivity index (χ0v) is 16.0. The van der Waals surface area contributed by atoms with E-state index in [9.17, 15) is 18.0 Å². The SMILES string of the molecule is O=C(NCC1CCCO1)C(=O)NCC(c1ccco1)S(=O)(=O)c1ccccc1. The molecule has 2 aromatic rings. The second kappa shape index (κ2) is 9.03. The van der Waals surface area contributed by atoms with E-state index in [-0.39, 0.29) is 29.8 Å². The molecule has 2 unspecified atom stereocenters. The average Bonchev–Trinajstić information content (AvgIpc) is 3.41. The highest BCUT2D eigenvalue weighted by Crippen LogP contribution is 2.28. The Kier molecular flexibility index (Phi) is 6.48. The number of benzene rings is 1. The molecule has 1 aliphatic rings. The second-order valence-corrected chi connectivity index (χ2v) is 8.55. The smallest absolute Gasteiger partial charge is 0.309 e. The van der Waals surface area contributed by atoms with Crippen molar-refractivity contribution in [2.45, 2.75) is 29.1 Å². The maximum Gasteiger partial charge on any atom is 0.309 e. The Hall–Kier alpha value is -2.65. The molecule has 1 fully saturated rings. The topological polar surface area (TPSA) is 115 Å². The van der Waals surface area contributed by atoms with Gasteiger partial charge in [0.1, 0.15) is 11.0 Å². The molecule has 0 aliphatic carbocycles. The summed E-state index contributed by atoms with van der Waals surface area (Å²) in [6.07, 6.45) is 3.03. The molecule has 0 bridgehead atoms. The Labute approximate surface area is 163 Å². The van der Waals surface area contributed by atoms with E-state index in [1.807, 2.05) is 0 Å². The van der Waals surface area contributed by atoms with Crippen LogP contribution < -0.4 is 10.6 Å². The lowest BCUT2D eigenvalue weighted by Crippen LogP contribution is -2.44. The molecule has 1 aromatic carbocycles. The number of hydrogen-bond acceptors (Lipinski definition) is 6. The summed E-state index contributed by atoms with van der Waals surface area (Å²) >= 11 is 0. The number of carbonyl (C=O) groups is 2. The Balaban J connectivity index is 1.65. The summed E-state index contributed by atoms with van der Waals surface area (Å²) in [6.45, 7) is 0.599. The van der Waals surface area contributed by atoms with Crippen LogP contribution in [0.1, 0.15) is 23.9 Å². The van der Waals surface area contributed by atoms with Crippen molar-refractivity contribution in [3.63, 3.8) is 0 Å². The van der Waals surface area contributed by atoms with E-state index in [2.05, 4.69) is 10.6 Å². The van der Waals surface area contributed by atoms with Gasteiger partial charge in [-0.05, 0) is 37.1 Å².